The first-order valence-corrected chi connectivity index (χ1v) is 9.60. The van der Waals surface area contributed by atoms with Crippen LogP contribution in [-0.4, -0.2) is 28.7 Å². The van der Waals surface area contributed by atoms with E-state index in [2.05, 4.69) is 27.6 Å². The molecule has 1 aromatic carbocycles. The van der Waals surface area contributed by atoms with Crippen LogP contribution in [0, 0.1) is 5.92 Å². The summed E-state index contributed by atoms with van der Waals surface area (Å²) in [6, 6.07) is 3.06. The summed E-state index contributed by atoms with van der Waals surface area (Å²) >= 11 is 3.34. The van der Waals surface area contributed by atoms with Gasteiger partial charge in [0.05, 0.1) is 18.7 Å². The van der Waals surface area contributed by atoms with Gasteiger partial charge in [0.1, 0.15) is 16.4 Å². The summed E-state index contributed by atoms with van der Waals surface area (Å²) in [6.07, 6.45) is 4.14. The van der Waals surface area contributed by atoms with E-state index in [1.807, 2.05) is 0 Å². The van der Waals surface area contributed by atoms with Crippen LogP contribution in [0.3, 0.4) is 0 Å². The average molecular weight is 392 g/mol. The third-order valence-electron chi connectivity index (χ3n) is 4.15. The second-order valence-corrected chi connectivity index (χ2v) is 8.16. The number of nitrogens with one attached hydrogen (secondary N) is 1. The van der Waals surface area contributed by atoms with Gasteiger partial charge in [0.25, 0.3) is 0 Å². The van der Waals surface area contributed by atoms with Gasteiger partial charge in [-0.15, -0.1) is 0 Å². The molecule has 1 aliphatic rings. The summed E-state index contributed by atoms with van der Waals surface area (Å²) in [7, 11) is -0.706. The van der Waals surface area contributed by atoms with Crippen molar-refractivity contribution in [3.05, 3.63) is 16.6 Å². The lowest BCUT2D eigenvalue weighted by Gasteiger charge is -2.29. The largest absolute Gasteiger partial charge is 0.496 e. The van der Waals surface area contributed by atoms with Gasteiger partial charge in [-0.2, -0.15) is 0 Å². The highest BCUT2D eigenvalue weighted by molar-refractivity contribution is 9.10. The Morgan fingerprint density at radius 2 is 1.77 bits per heavy atom. The zero-order chi connectivity index (χ0) is 16.3. The van der Waals surface area contributed by atoms with Crippen LogP contribution >= 0.6 is 15.9 Å². The molecule has 2 rings (SSSR count). The predicted molar refractivity (Wildman–Crippen MR) is 89.0 cm³/mol. The molecule has 0 aliphatic heterocycles. The average Bonchev–Trinajstić information content (AvgIpc) is 2.48. The normalized spacial score (nSPS) is 22.4. The number of ether oxygens (including phenoxy) is 2. The first kappa shape index (κ1) is 17.6. The van der Waals surface area contributed by atoms with E-state index in [-0.39, 0.29) is 10.9 Å². The maximum atomic E-state index is 12.7. The predicted octanol–water partition coefficient (Wildman–Crippen LogP) is 3.32. The summed E-state index contributed by atoms with van der Waals surface area (Å²) < 4.78 is 39.4. The topological polar surface area (TPSA) is 64.6 Å². The maximum absolute atomic E-state index is 12.7. The number of rotatable bonds is 5. The van der Waals surface area contributed by atoms with Crippen molar-refractivity contribution in [2.24, 2.45) is 5.92 Å². The summed E-state index contributed by atoms with van der Waals surface area (Å²) in [5.41, 5.74) is 0. The Labute approximate surface area is 140 Å². The van der Waals surface area contributed by atoms with Crippen LogP contribution in [0.5, 0.6) is 11.5 Å². The molecule has 0 saturated heterocycles. The van der Waals surface area contributed by atoms with E-state index in [1.165, 1.54) is 20.3 Å². The van der Waals surface area contributed by atoms with Gasteiger partial charge in [0, 0.05) is 12.1 Å². The van der Waals surface area contributed by atoms with Gasteiger partial charge in [0.15, 0.2) is 0 Å². The van der Waals surface area contributed by atoms with Crippen molar-refractivity contribution in [3.63, 3.8) is 0 Å². The third kappa shape index (κ3) is 3.75. The molecule has 22 heavy (non-hydrogen) atoms. The molecule has 0 heterocycles. The Morgan fingerprint density at radius 1 is 1.14 bits per heavy atom. The van der Waals surface area contributed by atoms with Crippen molar-refractivity contribution >= 4 is 26.0 Å². The molecule has 0 bridgehead atoms. The van der Waals surface area contributed by atoms with E-state index in [0.29, 0.717) is 21.9 Å². The molecule has 0 spiro atoms. The number of hydrogen-bond donors (Lipinski definition) is 1. The van der Waals surface area contributed by atoms with Crippen LogP contribution in [-0.2, 0) is 10.0 Å². The highest BCUT2D eigenvalue weighted by atomic mass is 79.9. The molecule has 2 unspecified atom stereocenters. The van der Waals surface area contributed by atoms with E-state index in [4.69, 9.17) is 9.47 Å². The van der Waals surface area contributed by atoms with Crippen molar-refractivity contribution in [3.8, 4) is 11.5 Å². The summed E-state index contributed by atoms with van der Waals surface area (Å²) in [5, 5.41) is 0. The minimum absolute atomic E-state index is 0.0295. The maximum Gasteiger partial charge on any atom is 0.244 e. The van der Waals surface area contributed by atoms with Crippen molar-refractivity contribution < 1.29 is 17.9 Å². The first-order chi connectivity index (χ1) is 10.4. The van der Waals surface area contributed by atoms with Gasteiger partial charge in [-0.05, 0) is 40.8 Å². The highest BCUT2D eigenvalue weighted by Gasteiger charge is 2.29. The minimum Gasteiger partial charge on any atom is -0.496 e. The molecule has 0 amide bonds. The van der Waals surface area contributed by atoms with Gasteiger partial charge in [-0.3, -0.25) is 0 Å². The molecule has 1 saturated carbocycles. The fourth-order valence-electron chi connectivity index (χ4n) is 2.80. The second kappa shape index (κ2) is 7.19. The molecule has 0 radical (unpaired) electrons. The lowest BCUT2D eigenvalue weighted by atomic mass is 9.87. The third-order valence-corrected chi connectivity index (χ3v) is 6.28. The van der Waals surface area contributed by atoms with E-state index in [0.717, 1.165) is 25.7 Å². The molecule has 7 heteroatoms. The van der Waals surface area contributed by atoms with Crippen LogP contribution in [0.1, 0.15) is 32.6 Å². The van der Waals surface area contributed by atoms with E-state index in [9.17, 15) is 8.42 Å². The Balaban J connectivity index is 2.35. The molecule has 5 nitrogen and oxygen atoms in total. The van der Waals surface area contributed by atoms with Crippen molar-refractivity contribution in [2.75, 3.05) is 14.2 Å². The summed E-state index contributed by atoms with van der Waals surface area (Å²) in [6.45, 7) is 2.09. The number of halogens is 1. The standard InChI is InChI=1S/C15H22BrNO4S/c1-10-6-4-5-7-12(10)17-22(18,19)15-9-13(20-2)11(16)8-14(15)21-3/h8-10,12,17H,4-7H2,1-3H3. The quantitative estimate of drug-likeness (QED) is 0.835. The molecule has 1 fully saturated rings. The van der Waals surface area contributed by atoms with Gasteiger partial charge >= 0.3 is 0 Å². The van der Waals surface area contributed by atoms with E-state index >= 15 is 0 Å². The Hall–Kier alpha value is -0.790. The fraction of sp³-hybridized carbons (Fsp3) is 0.600. The monoisotopic (exact) mass is 391 g/mol. The van der Waals surface area contributed by atoms with Gasteiger partial charge in [-0.1, -0.05) is 19.8 Å². The number of hydrogen-bond acceptors (Lipinski definition) is 4. The van der Waals surface area contributed by atoms with Crippen LogP contribution in [0.4, 0.5) is 0 Å². The molecule has 0 aromatic heterocycles. The SMILES string of the molecule is COc1cc(S(=O)(=O)NC2CCCCC2C)c(OC)cc1Br. The van der Waals surface area contributed by atoms with Gasteiger partial charge < -0.3 is 9.47 Å². The number of benzene rings is 1. The lowest BCUT2D eigenvalue weighted by molar-refractivity contribution is 0.310. The molecule has 124 valence electrons. The van der Waals surface area contributed by atoms with Crippen molar-refractivity contribution in [1.29, 1.82) is 0 Å². The highest BCUT2D eigenvalue weighted by Crippen LogP contribution is 2.36. The van der Waals surface area contributed by atoms with Crippen molar-refractivity contribution in [2.45, 2.75) is 43.5 Å². The van der Waals surface area contributed by atoms with Gasteiger partial charge in [-0.25, -0.2) is 13.1 Å². The fourth-order valence-corrected chi connectivity index (χ4v) is 4.83. The molecule has 1 N–H and O–H groups in total. The smallest absolute Gasteiger partial charge is 0.244 e. The molecule has 1 aliphatic carbocycles. The van der Waals surface area contributed by atoms with Crippen LogP contribution in [0.15, 0.2) is 21.5 Å². The Morgan fingerprint density at radius 3 is 2.36 bits per heavy atom. The summed E-state index contributed by atoms with van der Waals surface area (Å²) in [5.74, 6) is 1.09. The zero-order valence-corrected chi connectivity index (χ0v) is 15.5. The molecular weight excluding hydrogens is 370 g/mol. The molecule has 1 aromatic rings. The van der Waals surface area contributed by atoms with Crippen LogP contribution in [0.25, 0.3) is 0 Å². The lowest BCUT2D eigenvalue weighted by Crippen LogP contribution is -2.41. The van der Waals surface area contributed by atoms with E-state index < -0.39 is 10.0 Å². The number of methoxy groups -OCH3 is 2. The van der Waals surface area contributed by atoms with Gasteiger partial charge in [0.2, 0.25) is 10.0 Å². The summed E-state index contributed by atoms with van der Waals surface area (Å²) in [4.78, 5) is 0.104. The zero-order valence-electron chi connectivity index (χ0n) is 13.1. The second-order valence-electron chi connectivity index (χ2n) is 5.63. The molecular formula is C15H22BrNO4S. The Kier molecular flexibility index (Phi) is 5.74. The van der Waals surface area contributed by atoms with Crippen LogP contribution in [0.2, 0.25) is 0 Å². The van der Waals surface area contributed by atoms with Crippen molar-refractivity contribution in [1.82, 2.24) is 4.72 Å². The first-order valence-electron chi connectivity index (χ1n) is 7.33. The minimum atomic E-state index is -3.66. The van der Waals surface area contributed by atoms with E-state index in [1.54, 1.807) is 6.07 Å². The Bertz CT molecular complexity index is 633. The van der Waals surface area contributed by atoms with Crippen LogP contribution < -0.4 is 14.2 Å². The number of sulfonamides is 1. The molecule has 2 atom stereocenters.